The first-order valence-electron chi connectivity index (χ1n) is 6.60. The number of nitrogen functional groups attached to an aromatic ring is 1. The number of thiazole rings is 1. The van der Waals surface area contributed by atoms with Crippen LogP contribution in [0.4, 0.5) is 16.5 Å². The van der Waals surface area contributed by atoms with Crippen molar-refractivity contribution in [3.05, 3.63) is 35.3 Å². The summed E-state index contributed by atoms with van der Waals surface area (Å²) < 4.78 is 0. The Hall–Kier alpha value is -2.08. The zero-order valence-corrected chi connectivity index (χ0v) is 11.8. The average molecular weight is 288 g/mol. The Morgan fingerprint density at radius 3 is 2.55 bits per heavy atom. The number of benzene rings is 1. The van der Waals surface area contributed by atoms with Crippen LogP contribution < -0.4 is 16.0 Å². The molecule has 2 heterocycles. The van der Waals surface area contributed by atoms with Crippen molar-refractivity contribution in [3.63, 3.8) is 0 Å². The molecule has 1 aliphatic heterocycles. The topological polar surface area (TPSA) is 71.2 Å². The van der Waals surface area contributed by atoms with Gasteiger partial charge in [0.2, 0.25) is 0 Å². The molecule has 0 aliphatic carbocycles. The summed E-state index contributed by atoms with van der Waals surface area (Å²) in [5.74, 6) is -0.230. The molecule has 5 nitrogen and oxygen atoms in total. The number of carbonyl (C=O) groups excluding carboxylic acids is 1. The Morgan fingerprint density at radius 2 is 1.95 bits per heavy atom. The van der Waals surface area contributed by atoms with Gasteiger partial charge in [-0.25, -0.2) is 4.98 Å². The fourth-order valence-corrected chi connectivity index (χ4v) is 2.86. The van der Waals surface area contributed by atoms with Gasteiger partial charge in [0.05, 0.1) is 0 Å². The van der Waals surface area contributed by atoms with Crippen LogP contribution in [-0.4, -0.2) is 24.0 Å². The Morgan fingerprint density at radius 1 is 1.25 bits per heavy atom. The van der Waals surface area contributed by atoms with Crippen LogP contribution in [0.1, 0.15) is 23.3 Å². The summed E-state index contributed by atoms with van der Waals surface area (Å²) in [4.78, 5) is 18.3. The number of carbonyl (C=O) groups is 1. The van der Waals surface area contributed by atoms with Gasteiger partial charge in [-0.05, 0) is 37.1 Å². The van der Waals surface area contributed by atoms with E-state index in [0.717, 1.165) is 18.8 Å². The van der Waals surface area contributed by atoms with E-state index in [1.807, 2.05) is 24.3 Å². The van der Waals surface area contributed by atoms with Crippen molar-refractivity contribution in [3.8, 4) is 0 Å². The SMILES string of the molecule is Nc1nc(C(=O)Nc2ccc(N3CCCC3)cc2)cs1. The highest BCUT2D eigenvalue weighted by molar-refractivity contribution is 7.13. The van der Waals surface area contributed by atoms with E-state index in [9.17, 15) is 4.79 Å². The van der Waals surface area contributed by atoms with Crippen LogP contribution in [0.3, 0.4) is 0 Å². The molecule has 1 aromatic heterocycles. The lowest BCUT2D eigenvalue weighted by Gasteiger charge is -2.17. The Kier molecular flexibility index (Phi) is 3.56. The van der Waals surface area contributed by atoms with Crippen LogP contribution in [0.5, 0.6) is 0 Å². The van der Waals surface area contributed by atoms with Crippen LogP contribution >= 0.6 is 11.3 Å². The number of hydrogen-bond acceptors (Lipinski definition) is 5. The summed E-state index contributed by atoms with van der Waals surface area (Å²) in [7, 11) is 0. The molecule has 0 bridgehead atoms. The second-order valence-corrected chi connectivity index (χ2v) is 5.66. The number of nitrogens with two attached hydrogens (primary N) is 1. The van der Waals surface area contributed by atoms with Crippen molar-refractivity contribution in [2.75, 3.05) is 29.0 Å². The molecule has 1 amide bonds. The molecule has 20 heavy (non-hydrogen) atoms. The van der Waals surface area contributed by atoms with E-state index < -0.39 is 0 Å². The van der Waals surface area contributed by atoms with Crippen LogP contribution in [-0.2, 0) is 0 Å². The summed E-state index contributed by atoms with van der Waals surface area (Å²) in [6.07, 6.45) is 2.51. The maximum absolute atomic E-state index is 11.9. The summed E-state index contributed by atoms with van der Waals surface area (Å²) in [5.41, 5.74) is 7.85. The first kappa shape index (κ1) is 12.9. The van der Waals surface area contributed by atoms with Crippen molar-refractivity contribution in [2.45, 2.75) is 12.8 Å². The lowest BCUT2D eigenvalue weighted by atomic mass is 10.2. The molecular weight excluding hydrogens is 272 g/mol. The van der Waals surface area contributed by atoms with Crippen LogP contribution in [0, 0.1) is 0 Å². The van der Waals surface area contributed by atoms with Gasteiger partial charge in [0, 0.05) is 29.8 Å². The zero-order chi connectivity index (χ0) is 13.9. The minimum atomic E-state index is -0.230. The fourth-order valence-electron chi connectivity index (χ4n) is 2.32. The first-order valence-corrected chi connectivity index (χ1v) is 7.48. The van der Waals surface area contributed by atoms with Crippen molar-refractivity contribution in [1.29, 1.82) is 0 Å². The second kappa shape index (κ2) is 5.50. The number of anilines is 3. The van der Waals surface area contributed by atoms with Crippen molar-refractivity contribution < 1.29 is 4.79 Å². The van der Waals surface area contributed by atoms with E-state index in [-0.39, 0.29) is 5.91 Å². The minimum absolute atomic E-state index is 0.230. The molecule has 1 saturated heterocycles. The maximum atomic E-state index is 11.9. The molecule has 1 aromatic carbocycles. The Bertz CT molecular complexity index is 602. The van der Waals surface area contributed by atoms with Gasteiger partial charge in [0.15, 0.2) is 5.13 Å². The molecule has 0 atom stereocenters. The van der Waals surface area contributed by atoms with Gasteiger partial charge in [0.25, 0.3) is 5.91 Å². The molecule has 2 aromatic rings. The molecule has 0 saturated carbocycles. The predicted octanol–water partition coefficient (Wildman–Crippen LogP) is 2.58. The van der Waals surface area contributed by atoms with E-state index in [0.29, 0.717) is 10.8 Å². The monoisotopic (exact) mass is 288 g/mol. The number of amides is 1. The molecule has 0 radical (unpaired) electrons. The van der Waals surface area contributed by atoms with Gasteiger partial charge in [0.1, 0.15) is 5.69 Å². The molecular formula is C14H16N4OS. The Labute approximate surface area is 121 Å². The number of nitrogens with zero attached hydrogens (tertiary/aromatic N) is 2. The van der Waals surface area contributed by atoms with Gasteiger partial charge in [-0.2, -0.15) is 0 Å². The second-order valence-electron chi connectivity index (χ2n) is 4.77. The number of hydrogen-bond donors (Lipinski definition) is 2. The third-order valence-electron chi connectivity index (χ3n) is 3.35. The molecule has 1 aliphatic rings. The third kappa shape index (κ3) is 2.75. The van der Waals surface area contributed by atoms with Crippen LogP contribution in [0.2, 0.25) is 0 Å². The third-order valence-corrected chi connectivity index (χ3v) is 4.02. The van der Waals surface area contributed by atoms with E-state index >= 15 is 0 Å². The maximum Gasteiger partial charge on any atom is 0.275 e. The molecule has 3 rings (SSSR count). The normalized spacial score (nSPS) is 14.5. The summed E-state index contributed by atoms with van der Waals surface area (Å²) in [5, 5.41) is 4.88. The Balaban J connectivity index is 1.67. The minimum Gasteiger partial charge on any atom is -0.375 e. The van der Waals surface area contributed by atoms with Crippen molar-refractivity contribution >= 4 is 33.8 Å². The van der Waals surface area contributed by atoms with Crippen LogP contribution in [0.25, 0.3) is 0 Å². The van der Waals surface area contributed by atoms with Gasteiger partial charge in [-0.3, -0.25) is 4.79 Å². The summed E-state index contributed by atoms with van der Waals surface area (Å²) in [6.45, 7) is 2.23. The van der Waals surface area contributed by atoms with E-state index in [4.69, 9.17) is 5.73 Å². The highest BCUT2D eigenvalue weighted by Crippen LogP contribution is 2.22. The number of aromatic nitrogens is 1. The van der Waals surface area contributed by atoms with Crippen molar-refractivity contribution in [2.24, 2.45) is 0 Å². The average Bonchev–Trinajstić information content (AvgIpc) is 3.10. The number of rotatable bonds is 3. The molecule has 0 unspecified atom stereocenters. The number of nitrogens with one attached hydrogen (secondary N) is 1. The highest BCUT2D eigenvalue weighted by Gasteiger charge is 2.13. The predicted molar refractivity (Wildman–Crippen MR) is 82.4 cm³/mol. The largest absolute Gasteiger partial charge is 0.375 e. The fraction of sp³-hybridized carbons (Fsp3) is 0.286. The molecule has 3 N–H and O–H groups in total. The smallest absolute Gasteiger partial charge is 0.275 e. The lowest BCUT2D eigenvalue weighted by Crippen LogP contribution is -2.17. The summed E-state index contributed by atoms with van der Waals surface area (Å²) >= 11 is 1.26. The standard InChI is InChI=1S/C14H16N4OS/c15-14-17-12(9-20-14)13(19)16-10-3-5-11(6-4-10)18-7-1-2-8-18/h3-6,9H,1-2,7-8H2,(H2,15,17)(H,16,19). The van der Waals surface area contributed by atoms with E-state index in [1.54, 1.807) is 5.38 Å². The van der Waals surface area contributed by atoms with E-state index in [2.05, 4.69) is 15.2 Å². The van der Waals surface area contributed by atoms with Gasteiger partial charge >= 0.3 is 0 Å². The van der Waals surface area contributed by atoms with Crippen molar-refractivity contribution in [1.82, 2.24) is 4.98 Å². The zero-order valence-electron chi connectivity index (χ0n) is 11.0. The first-order chi connectivity index (χ1) is 9.72. The lowest BCUT2D eigenvalue weighted by molar-refractivity contribution is 0.102. The highest BCUT2D eigenvalue weighted by atomic mass is 32.1. The molecule has 0 spiro atoms. The van der Waals surface area contributed by atoms with Crippen LogP contribution in [0.15, 0.2) is 29.6 Å². The summed E-state index contributed by atoms with van der Waals surface area (Å²) in [6, 6.07) is 7.91. The molecule has 6 heteroatoms. The van der Waals surface area contributed by atoms with Gasteiger partial charge in [-0.1, -0.05) is 0 Å². The quantitative estimate of drug-likeness (QED) is 0.910. The van der Waals surface area contributed by atoms with Gasteiger partial charge < -0.3 is 16.0 Å². The van der Waals surface area contributed by atoms with E-state index in [1.165, 1.54) is 29.9 Å². The molecule has 104 valence electrons. The molecule has 1 fully saturated rings. The van der Waals surface area contributed by atoms with Gasteiger partial charge in [-0.15, -0.1) is 11.3 Å².